The summed E-state index contributed by atoms with van der Waals surface area (Å²) in [5.74, 6) is -0.326. The van der Waals surface area contributed by atoms with Crippen molar-refractivity contribution in [3.63, 3.8) is 0 Å². The molecule has 6 N–H and O–H groups in total. The first-order valence-electron chi connectivity index (χ1n) is 26.6. The van der Waals surface area contributed by atoms with Gasteiger partial charge in [-0.25, -0.2) is 0 Å². The van der Waals surface area contributed by atoms with Gasteiger partial charge in [0.25, 0.3) is 0 Å². The summed E-state index contributed by atoms with van der Waals surface area (Å²) in [4.78, 5) is 25.0. The van der Waals surface area contributed by atoms with Gasteiger partial charge in [-0.05, 0) is 89.9 Å². The zero-order valence-electron chi connectivity index (χ0n) is 41.6. The highest BCUT2D eigenvalue weighted by molar-refractivity contribution is 5.76. The predicted molar refractivity (Wildman–Crippen MR) is 269 cm³/mol. The summed E-state index contributed by atoms with van der Waals surface area (Å²) in [5.41, 5.74) is 0. The van der Waals surface area contributed by atoms with Crippen molar-refractivity contribution >= 4 is 11.9 Å². The first-order chi connectivity index (χ1) is 32.2. The lowest BCUT2D eigenvalue weighted by Crippen LogP contribution is -2.60. The van der Waals surface area contributed by atoms with Crippen molar-refractivity contribution in [2.45, 2.75) is 256 Å². The maximum Gasteiger partial charge on any atom is 0.305 e. The lowest BCUT2D eigenvalue weighted by Gasteiger charge is -2.40. The molecule has 11 nitrogen and oxygen atoms in total. The van der Waals surface area contributed by atoms with Gasteiger partial charge in [0.05, 0.1) is 32.0 Å². The van der Waals surface area contributed by atoms with Crippen LogP contribution in [0, 0.1) is 0 Å². The van der Waals surface area contributed by atoms with Gasteiger partial charge in [-0.2, -0.15) is 0 Å². The molecule has 1 amide bonds. The molecular weight excluding hydrogens is 835 g/mol. The monoisotopic (exact) mass is 932 g/mol. The molecule has 66 heavy (non-hydrogen) atoms. The van der Waals surface area contributed by atoms with Crippen molar-refractivity contribution in [2.24, 2.45) is 0 Å². The van der Waals surface area contributed by atoms with Crippen LogP contribution in [-0.4, -0.2) is 100 Å². The molecular formula is C55H97NO10. The molecule has 7 atom stereocenters. The minimum Gasteiger partial charge on any atom is -0.466 e. The Morgan fingerprint density at radius 3 is 1.64 bits per heavy atom. The van der Waals surface area contributed by atoms with Gasteiger partial charge < -0.3 is 45.1 Å². The van der Waals surface area contributed by atoms with E-state index in [0.717, 1.165) is 70.6 Å². The van der Waals surface area contributed by atoms with E-state index in [-0.39, 0.29) is 24.9 Å². The number of allylic oxidation sites excluding steroid dienone is 9. The Morgan fingerprint density at radius 1 is 0.561 bits per heavy atom. The Hall–Kier alpha value is -2.64. The maximum absolute atomic E-state index is 12.9. The molecule has 1 aliphatic heterocycles. The summed E-state index contributed by atoms with van der Waals surface area (Å²) in [6.07, 6.45) is 46.1. The van der Waals surface area contributed by atoms with Gasteiger partial charge in [-0.1, -0.05) is 171 Å². The van der Waals surface area contributed by atoms with Crippen molar-refractivity contribution in [3.05, 3.63) is 60.8 Å². The SMILES string of the molecule is CCCCCC/C=C/CC/C=C/C(O)C(COC1OC(CO)C(O)C(O)C1O)NC(=O)CC/C=C\C/C=C\CCCCCCCCOC(=O)CCCCCCC/C=C\CCCCCCCC. The largest absolute Gasteiger partial charge is 0.466 e. The average molecular weight is 932 g/mol. The van der Waals surface area contributed by atoms with E-state index in [1.54, 1.807) is 6.08 Å². The van der Waals surface area contributed by atoms with Crippen LogP contribution in [0.25, 0.3) is 0 Å². The first kappa shape index (κ1) is 61.4. The number of amides is 1. The summed E-state index contributed by atoms with van der Waals surface area (Å²) < 4.78 is 16.6. The molecule has 7 unspecified atom stereocenters. The molecule has 0 aliphatic carbocycles. The van der Waals surface area contributed by atoms with Crippen LogP contribution in [0.5, 0.6) is 0 Å². The number of carbonyl (C=O) groups excluding carboxylic acids is 2. The second-order valence-corrected chi connectivity index (χ2v) is 18.2. The van der Waals surface area contributed by atoms with E-state index in [0.29, 0.717) is 19.4 Å². The molecule has 0 saturated carbocycles. The Bertz CT molecular complexity index is 1280. The number of esters is 1. The van der Waals surface area contributed by atoms with Crippen LogP contribution in [0.2, 0.25) is 0 Å². The molecule has 0 radical (unpaired) electrons. The number of aliphatic hydroxyl groups is 5. The fourth-order valence-electron chi connectivity index (χ4n) is 7.79. The van der Waals surface area contributed by atoms with Gasteiger partial charge in [0, 0.05) is 12.8 Å². The number of carbonyl (C=O) groups is 2. The molecule has 1 fully saturated rings. The van der Waals surface area contributed by atoms with Crippen LogP contribution in [0.3, 0.4) is 0 Å². The highest BCUT2D eigenvalue weighted by atomic mass is 16.7. The minimum absolute atomic E-state index is 0.0497. The topological polar surface area (TPSA) is 175 Å². The lowest BCUT2D eigenvalue weighted by atomic mass is 9.99. The third-order valence-corrected chi connectivity index (χ3v) is 12.1. The molecule has 0 aromatic carbocycles. The van der Waals surface area contributed by atoms with Crippen molar-refractivity contribution < 1.29 is 49.3 Å². The van der Waals surface area contributed by atoms with E-state index < -0.39 is 49.5 Å². The highest BCUT2D eigenvalue weighted by Gasteiger charge is 2.44. The summed E-state index contributed by atoms with van der Waals surface area (Å²) in [5, 5.41) is 54.0. The first-order valence-corrected chi connectivity index (χ1v) is 26.6. The molecule has 0 aromatic heterocycles. The van der Waals surface area contributed by atoms with E-state index in [2.05, 4.69) is 55.6 Å². The molecule has 382 valence electrons. The average Bonchev–Trinajstić information content (AvgIpc) is 3.31. The third kappa shape index (κ3) is 34.6. The number of hydrogen-bond acceptors (Lipinski definition) is 10. The van der Waals surface area contributed by atoms with E-state index in [1.807, 2.05) is 18.2 Å². The summed E-state index contributed by atoms with van der Waals surface area (Å²) in [7, 11) is 0. The van der Waals surface area contributed by atoms with E-state index in [4.69, 9.17) is 14.2 Å². The summed E-state index contributed by atoms with van der Waals surface area (Å²) >= 11 is 0. The number of ether oxygens (including phenoxy) is 3. The third-order valence-electron chi connectivity index (χ3n) is 12.1. The molecule has 1 rings (SSSR count). The zero-order valence-corrected chi connectivity index (χ0v) is 41.6. The van der Waals surface area contributed by atoms with Crippen molar-refractivity contribution in [1.82, 2.24) is 5.32 Å². The number of hydrogen-bond donors (Lipinski definition) is 6. The molecule has 11 heteroatoms. The van der Waals surface area contributed by atoms with Gasteiger partial charge in [0.2, 0.25) is 5.91 Å². The van der Waals surface area contributed by atoms with Crippen LogP contribution in [-0.2, 0) is 23.8 Å². The molecule has 1 aliphatic rings. The van der Waals surface area contributed by atoms with Crippen LogP contribution < -0.4 is 5.32 Å². The maximum atomic E-state index is 12.9. The summed E-state index contributed by atoms with van der Waals surface area (Å²) in [6, 6.07) is -0.871. The van der Waals surface area contributed by atoms with Gasteiger partial charge in [-0.3, -0.25) is 9.59 Å². The second-order valence-electron chi connectivity index (χ2n) is 18.2. The smallest absolute Gasteiger partial charge is 0.305 e. The Labute approximate surface area is 401 Å². The van der Waals surface area contributed by atoms with E-state index in [9.17, 15) is 35.1 Å². The zero-order chi connectivity index (χ0) is 48.1. The summed E-state index contributed by atoms with van der Waals surface area (Å²) in [6.45, 7) is 4.16. The fraction of sp³-hybridized carbons (Fsp3) is 0.782. The number of nitrogens with one attached hydrogen (secondary N) is 1. The van der Waals surface area contributed by atoms with Gasteiger partial charge in [0.1, 0.15) is 24.4 Å². The quantitative estimate of drug-likeness (QED) is 0.0196. The standard InChI is InChI=1S/C55H97NO10/c1-3-5-7-9-11-13-15-16-17-20-23-27-31-35-39-43-51(60)64-44-40-36-32-28-24-21-18-19-22-26-30-34-38-42-50(59)56-47(46-65-55-54(63)53(62)52(61)49(45-57)66-55)48(58)41-37-33-29-25-14-12-10-8-6-4-2/h14,16-17,19,22,25,30,34,37,41,47-49,52-55,57-58,61-63H,3-13,15,18,20-21,23-24,26-29,31-33,35-36,38-40,42-46H2,1-2H3,(H,56,59)/b17-16-,22-19-,25-14+,34-30-,41-37+. The Morgan fingerprint density at radius 2 is 1.05 bits per heavy atom. The number of unbranched alkanes of at least 4 members (excludes halogenated alkanes) is 22. The Kier molecular flexibility index (Phi) is 41.7. The van der Waals surface area contributed by atoms with Crippen molar-refractivity contribution in [1.29, 1.82) is 0 Å². The molecule has 0 bridgehead atoms. The molecule has 0 aromatic rings. The van der Waals surface area contributed by atoms with Gasteiger partial charge in [0.15, 0.2) is 6.29 Å². The number of aliphatic hydroxyl groups excluding tert-OH is 5. The minimum atomic E-state index is -1.59. The number of rotatable bonds is 44. The van der Waals surface area contributed by atoms with Gasteiger partial charge in [-0.15, -0.1) is 0 Å². The molecule has 1 heterocycles. The Balaban J connectivity index is 2.19. The van der Waals surface area contributed by atoms with Crippen LogP contribution >= 0.6 is 0 Å². The van der Waals surface area contributed by atoms with Crippen LogP contribution in [0.1, 0.15) is 213 Å². The van der Waals surface area contributed by atoms with E-state index in [1.165, 1.54) is 109 Å². The molecule has 1 saturated heterocycles. The predicted octanol–water partition coefficient (Wildman–Crippen LogP) is 11.1. The van der Waals surface area contributed by atoms with Crippen molar-refractivity contribution in [2.75, 3.05) is 19.8 Å². The van der Waals surface area contributed by atoms with Crippen LogP contribution in [0.15, 0.2) is 60.8 Å². The highest BCUT2D eigenvalue weighted by Crippen LogP contribution is 2.22. The molecule has 0 spiro atoms. The van der Waals surface area contributed by atoms with Gasteiger partial charge >= 0.3 is 5.97 Å². The van der Waals surface area contributed by atoms with E-state index >= 15 is 0 Å². The van der Waals surface area contributed by atoms with Crippen molar-refractivity contribution in [3.8, 4) is 0 Å². The lowest BCUT2D eigenvalue weighted by molar-refractivity contribution is -0.302. The fourth-order valence-corrected chi connectivity index (χ4v) is 7.79. The normalized spacial score (nSPS) is 20.1. The second kappa shape index (κ2) is 44.8. The van der Waals surface area contributed by atoms with Crippen LogP contribution in [0.4, 0.5) is 0 Å².